The standard InChI is InChI=1S/C24H26ClNO3S.C22H25NO3S.2C21H33NO2S.C18H26N2O3S/c1-5-20-21(25)7-6-8-22(20)29-18-9-11-19(12-10-18)30(27,28)26-16-24(4)14-17(26)13-23(2,3)15-24;1-21(2)11-15-12-22(3,13-21)14-23(15)27(24,25)16-8-9-20-18(10-16)17-6-4-5-7-19(17)26-20;2*1-7-20(4,5)16-8-10-18(11-9-16)25(23,24)22-15-21(6)13-17(22)12-19(2,3)14-21;1-13-6-7-15(8-16(13)19(5)21)24(22,23)20-12-18(4)10-14(20)9-17(2,3)11-18/h1,6-12,17H,13-16H2,2-4H3;4-10,15H,11-14H2,1-3H3;2*8-11,17H,7,12-15H2,1-6H3;6-8,14H,5,9-12H2,1-4H3. The molecule has 25 heteroatoms. The minimum absolute atomic E-state index is 0.0316. The molecule has 0 amide bonds. The van der Waals surface area contributed by atoms with Crippen molar-refractivity contribution in [2.45, 2.75) is 327 Å². The second kappa shape index (κ2) is 34.9. The fourth-order valence-electron chi connectivity index (χ4n) is 26.1. The van der Waals surface area contributed by atoms with Crippen LogP contribution in [0.2, 0.25) is 5.02 Å². The molecule has 712 valence electrons. The fourth-order valence-corrected chi connectivity index (χ4v) is 35.2. The number of benzene rings is 7. The van der Waals surface area contributed by atoms with Crippen LogP contribution in [0.3, 0.4) is 0 Å². The number of halogens is 1. The predicted octanol–water partition coefficient (Wildman–Crippen LogP) is 24.2. The Morgan fingerprint density at radius 2 is 0.725 bits per heavy atom. The summed E-state index contributed by atoms with van der Waals surface area (Å²) in [7, 11) is -17.5. The largest absolute Gasteiger partial charge is 0.619 e. The minimum atomic E-state index is -3.61. The summed E-state index contributed by atoms with van der Waals surface area (Å²) < 4.78 is 154. The molecule has 8 aromatic rings. The van der Waals surface area contributed by atoms with Crippen molar-refractivity contribution in [3.63, 3.8) is 0 Å². The molecule has 0 spiro atoms. The summed E-state index contributed by atoms with van der Waals surface area (Å²) in [4.78, 5) is 1.72. The van der Waals surface area contributed by atoms with Crippen molar-refractivity contribution in [1.82, 2.24) is 21.5 Å². The van der Waals surface area contributed by atoms with Crippen molar-refractivity contribution in [2.24, 2.45) is 54.1 Å². The smallest absolute Gasteiger partial charge is 0.243 e. The number of fused-ring (bicyclic) bond motifs is 13. The van der Waals surface area contributed by atoms with E-state index in [2.05, 4.69) is 158 Å². The third-order valence-electron chi connectivity index (χ3n) is 30.9. The summed E-state index contributed by atoms with van der Waals surface area (Å²) >= 11 is 6.12. The van der Waals surface area contributed by atoms with Crippen LogP contribution >= 0.6 is 11.6 Å². The average Bonchev–Trinajstić information content (AvgIpc) is 1.59. The van der Waals surface area contributed by atoms with Crippen LogP contribution in [0.25, 0.3) is 21.9 Å². The monoisotopic (exact) mass is 1900 g/mol. The zero-order valence-corrected chi connectivity index (χ0v) is 86.4. The van der Waals surface area contributed by atoms with Crippen molar-refractivity contribution >= 4 is 96.1 Å². The van der Waals surface area contributed by atoms with Crippen LogP contribution in [0.15, 0.2) is 181 Å². The molecule has 5 aliphatic carbocycles. The Hall–Kier alpha value is -6.99. The maximum Gasteiger partial charge on any atom is 0.243 e. The number of terminal acetylenes is 1. The number of nitrogens with zero attached hydrogens (tertiary/aromatic N) is 6. The molecule has 19 nitrogen and oxygen atoms in total. The molecule has 10 bridgehead atoms. The highest BCUT2D eigenvalue weighted by molar-refractivity contribution is 7.90. The Labute approximate surface area is 789 Å². The third kappa shape index (κ3) is 20.7. The Morgan fingerprint density at radius 1 is 0.420 bits per heavy atom. The highest BCUT2D eigenvalue weighted by atomic mass is 35.5. The van der Waals surface area contributed by atoms with Crippen molar-refractivity contribution in [3.8, 4) is 23.8 Å². The first-order chi connectivity index (χ1) is 60.4. The Bertz CT molecular complexity index is 6210. The van der Waals surface area contributed by atoms with Crippen molar-refractivity contribution in [3.05, 3.63) is 184 Å². The van der Waals surface area contributed by atoms with Gasteiger partial charge < -0.3 is 14.4 Å². The van der Waals surface area contributed by atoms with Gasteiger partial charge in [0.15, 0.2) is 0 Å². The van der Waals surface area contributed by atoms with E-state index >= 15 is 0 Å². The van der Waals surface area contributed by atoms with E-state index in [9.17, 15) is 47.3 Å². The summed E-state index contributed by atoms with van der Waals surface area (Å²) in [5.41, 5.74) is 6.85. The van der Waals surface area contributed by atoms with Crippen LogP contribution in [-0.2, 0) is 60.9 Å². The molecule has 10 unspecified atom stereocenters. The molecule has 1 aromatic heterocycles. The van der Waals surface area contributed by atoms with Crippen LogP contribution in [0.4, 0.5) is 5.69 Å². The molecule has 7 aromatic carbocycles. The number of hydrogen-bond donors (Lipinski definition) is 0. The maximum absolute atomic E-state index is 13.5. The van der Waals surface area contributed by atoms with Crippen molar-refractivity contribution in [1.29, 1.82) is 0 Å². The minimum Gasteiger partial charge on any atom is -0.619 e. The Balaban J connectivity index is 0.000000132. The molecule has 10 aliphatic rings. The van der Waals surface area contributed by atoms with E-state index in [1.165, 1.54) is 17.2 Å². The van der Waals surface area contributed by atoms with Gasteiger partial charge in [0, 0.05) is 85.3 Å². The first-order valence-electron chi connectivity index (χ1n) is 47.0. The van der Waals surface area contributed by atoms with Gasteiger partial charge in [-0.15, -0.1) is 6.42 Å². The number of furan rings is 1. The van der Waals surface area contributed by atoms with Crippen LogP contribution in [0.5, 0.6) is 11.5 Å². The summed E-state index contributed by atoms with van der Waals surface area (Å²) in [6.45, 7) is 55.0. The lowest BCUT2D eigenvalue weighted by Gasteiger charge is -2.39. The highest BCUT2D eigenvalue weighted by Gasteiger charge is 2.59. The van der Waals surface area contributed by atoms with Gasteiger partial charge in [0.1, 0.15) is 29.4 Å². The highest BCUT2D eigenvalue weighted by Crippen LogP contribution is 2.60. The average molecular weight is 1910 g/mol. The van der Waals surface area contributed by atoms with E-state index < -0.39 is 50.1 Å². The first kappa shape index (κ1) is 100.0. The zero-order chi connectivity index (χ0) is 96.0. The maximum atomic E-state index is 13.5. The summed E-state index contributed by atoms with van der Waals surface area (Å²) in [5, 5.41) is 13.8. The first-order valence-corrected chi connectivity index (χ1v) is 54.6. The quantitative estimate of drug-likeness (QED) is 0.0271. The lowest BCUT2D eigenvalue weighted by Crippen LogP contribution is -2.37. The molecule has 5 saturated heterocycles. The van der Waals surface area contributed by atoms with E-state index in [4.69, 9.17) is 27.2 Å². The molecular formula is C106H143ClN6O13S5. The fraction of sp³-hybridized carbons (Fsp3) is 0.575. The number of ether oxygens (including phenoxy) is 1. The Morgan fingerprint density at radius 3 is 1.06 bits per heavy atom. The van der Waals surface area contributed by atoms with E-state index in [1.54, 1.807) is 126 Å². The van der Waals surface area contributed by atoms with Crippen molar-refractivity contribution < 1.29 is 56.0 Å². The molecule has 10 atom stereocenters. The molecule has 10 fully saturated rings. The second-order valence-corrected chi connectivity index (χ2v) is 57.6. The normalized spacial score (nSPS) is 28.5. The molecular weight excluding hydrogens is 1760 g/mol. The number of hydrogen-bond acceptors (Lipinski definition) is 13. The summed E-state index contributed by atoms with van der Waals surface area (Å²) in [6, 6.07) is 45.1. The van der Waals surface area contributed by atoms with E-state index in [0.717, 1.165) is 131 Å². The summed E-state index contributed by atoms with van der Waals surface area (Å²) in [5.74, 6) is 3.49. The van der Waals surface area contributed by atoms with Crippen molar-refractivity contribution in [2.75, 3.05) is 32.7 Å². The van der Waals surface area contributed by atoms with Crippen LogP contribution < -0.4 is 4.74 Å². The number of rotatable bonds is 17. The van der Waals surface area contributed by atoms with Gasteiger partial charge in [-0.3, -0.25) is 0 Å². The molecule has 5 aliphatic heterocycles. The molecule has 131 heavy (non-hydrogen) atoms. The molecule has 0 radical (unpaired) electrons. The van der Waals surface area contributed by atoms with Gasteiger partial charge in [0.25, 0.3) is 0 Å². The predicted molar refractivity (Wildman–Crippen MR) is 528 cm³/mol. The zero-order valence-electron chi connectivity index (χ0n) is 81.6. The van der Waals surface area contributed by atoms with Gasteiger partial charge in [0.2, 0.25) is 55.8 Å². The molecule has 0 N–H and O–H groups in total. The number of sulfonamides is 5. The second-order valence-electron chi connectivity index (χ2n) is 47.8. The topological polar surface area (TPSA) is 235 Å². The van der Waals surface area contributed by atoms with E-state index in [0.29, 0.717) is 85.5 Å². The van der Waals surface area contributed by atoms with Gasteiger partial charge >= 0.3 is 0 Å². The molecule has 5 saturated carbocycles. The molecule has 18 rings (SSSR count). The van der Waals surface area contributed by atoms with Gasteiger partial charge in [-0.2, -0.15) is 26.3 Å². The third-order valence-corrected chi connectivity index (χ3v) is 40.7. The number of aryl methyl sites for hydroxylation is 1. The van der Waals surface area contributed by atoms with Crippen LogP contribution in [-0.4, -0.2) is 138 Å². The van der Waals surface area contributed by atoms with E-state index in [-0.39, 0.29) is 105 Å². The van der Waals surface area contributed by atoms with Gasteiger partial charge in [-0.25, -0.2) is 42.1 Å². The van der Waals surface area contributed by atoms with Gasteiger partial charge in [-0.05, 0) is 283 Å². The van der Waals surface area contributed by atoms with Gasteiger partial charge in [-0.1, -0.05) is 218 Å². The molecule has 6 heterocycles. The van der Waals surface area contributed by atoms with E-state index in [1.807, 2.05) is 48.5 Å². The summed E-state index contributed by atoms with van der Waals surface area (Å²) in [6.07, 6.45) is 22.4. The number of para-hydroxylation sites is 1. The van der Waals surface area contributed by atoms with Crippen LogP contribution in [0.1, 0.15) is 277 Å². The SMILES string of the molecule is C#Cc1c(Cl)cccc1Oc1ccc(S(=O)(=O)N2CC3(C)CC2CC(C)(C)C3)cc1.C=[N+]([O-])c1cc(S(=O)(=O)N2CC3(C)CC2CC(C)(C)C3)ccc1C.CC1(C)CC2CC(C)(CN2S(=O)(=O)c2ccc3oc4ccccc4c3c2)C1.CCC(C)(C)c1ccc(S(=O)(=O)N2CC3(C)CC2CC(C)(C)C3)cc1.CCC(C)(C)c1ccc(S(=O)(=O)N2CC3(C)CC2CC(C)(C)C3)cc1. The lowest BCUT2D eigenvalue weighted by atomic mass is 9.65. The van der Waals surface area contributed by atoms with Gasteiger partial charge in [0.05, 0.1) is 35.1 Å². The Kier molecular flexibility index (Phi) is 26.6. The lowest BCUT2D eigenvalue weighted by molar-refractivity contribution is -0.350. The van der Waals surface area contributed by atoms with Crippen LogP contribution in [0, 0.1) is 78.6 Å².